The van der Waals surface area contributed by atoms with Crippen molar-refractivity contribution < 1.29 is 14.9 Å². The second-order valence-electron chi connectivity index (χ2n) is 3.68. The van der Waals surface area contributed by atoms with E-state index in [0.717, 1.165) is 0 Å². The number of halogens is 1. The van der Waals surface area contributed by atoms with Crippen LogP contribution in [0.3, 0.4) is 0 Å². The zero-order valence-corrected chi connectivity index (χ0v) is 10.6. The van der Waals surface area contributed by atoms with E-state index in [2.05, 4.69) is 10.0 Å². The van der Waals surface area contributed by atoms with Gasteiger partial charge in [0.2, 0.25) is 0 Å². The maximum absolute atomic E-state index is 9.93. The molecule has 1 aromatic carbocycles. The van der Waals surface area contributed by atoms with Crippen LogP contribution in [0.2, 0.25) is 5.02 Å². The lowest BCUT2D eigenvalue weighted by atomic mass is 10.0. The molecule has 0 aromatic heterocycles. The number of nitrogens with zero attached hydrogens (tertiary/aromatic N) is 3. The Kier molecular flexibility index (Phi) is 5.74. The lowest BCUT2D eigenvalue weighted by Crippen LogP contribution is -2.19. The average molecular weight is 272 g/mol. The van der Waals surface area contributed by atoms with Crippen molar-refractivity contribution in [1.29, 1.82) is 0 Å². The van der Waals surface area contributed by atoms with E-state index in [1.807, 2.05) is 0 Å². The molecular formula is C11H14ClN3O3. The Bertz CT molecular complexity index is 449. The van der Waals surface area contributed by atoms with Crippen molar-refractivity contribution >= 4 is 11.6 Å². The number of hydrogen-bond donors (Lipinski definition) is 2. The summed E-state index contributed by atoms with van der Waals surface area (Å²) >= 11 is 5.87. The number of hydrogen-bond acceptors (Lipinski definition) is 4. The number of azide groups is 1. The van der Waals surface area contributed by atoms with E-state index in [1.165, 1.54) is 7.11 Å². The standard InChI is InChI=1S/C11H14ClN3O3/c1-18-9-5-7(4-8(12)6-9)11(17)10(16)2-3-14-15-13/h4-6,10-11,16-17H,2-3H2,1H3. The molecule has 0 spiro atoms. The van der Waals surface area contributed by atoms with Crippen molar-refractivity contribution in [2.75, 3.05) is 13.7 Å². The maximum atomic E-state index is 9.93. The fourth-order valence-corrected chi connectivity index (χ4v) is 1.72. The number of methoxy groups -OCH3 is 1. The van der Waals surface area contributed by atoms with Crippen LogP contribution in [0.4, 0.5) is 0 Å². The molecule has 1 aromatic rings. The van der Waals surface area contributed by atoms with Gasteiger partial charge in [-0.25, -0.2) is 0 Å². The first-order valence-electron chi connectivity index (χ1n) is 5.30. The van der Waals surface area contributed by atoms with Gasteiger partial charge in [-0.05, 0) is 35.7 Å². The third-order valence-electron chi connectivity index (χ3n) is 2.42. The van der Waals surface area contributed by atoms with Crippen LogP contribution in [0.1, 0.15) is 18.1 Å². The molecule has 98 valence electrons. The molecule has 1 rings (SSSR count). The van der Waals surface area contributed by atoms with Crippen LogP contribution < -0.4 is 4.74 Å². The Hall–Kier alpha value is -1.46. The van der Waals surface area contributed by atoms with E-state index >= 15 is 0 Å². The summed E-state index contributed by atoms with van der Waals surface area (Å²) in [4.78, 5) is 2.57. The van der Waals surface area contributed by atoms with Gasteiger partial charge in [0.05, 0.1) is 13.2 Å². The van der Waals surface area contributed by atoms with Crippen molar-refractivity contribution in [3.8, 4) is 5.75 Å². The van der Waals surface area contributed by atoms with Crippen molar-refractivity contribution in [2.24, 2.45) is 5.11 Å². The van der Waals surface area contributed by atoms with Crippen molar-refractivity contribution in [3.05, 3.63) is 39.2 Å². The fourth-order valence-electron chi connectivity index (χ4n) is 1.49. The Morgan fingerprint density at radius 2 is 2.17 bits per heavy atom. The van der Waals surface area contributed by atoms with Crippen LogP contribution in [0.5, 0.6) is 5.75 Å². The third-order valence-corrected chi connectivity index (χ3v) is 2.64. The van der Waals surface area contributed by atoms with Crippen LogP contribution in [-0.4, -0.2) is 30.0 Å². The molecule has 0 aliphatic heterocycles. The molecule has 7 heteroatoms. The second-order valence-corrected chi connectivity index (χ2v) is 4.12. The van der Waals surface area contributed by atoms with Gasteiger partial charge in [-0.2, -0.15) is 0 Å². The minimum atomic E-state index is -1.11. The summed E-state index contributed by atoms with van der Waals surface area (Å²) in [6, 6.07) is 4.74. The van der Waals surface area contributed by atoms with Gasteiger partial charge in [0.15, 0.2) is 0 Å². The molecule has 2 atom stereocenters. The fraction of sp³-hybridized carbons (Fsp3) is 0.455. The van der Waals surface area contributed by atoms with E-state index in [4.69, 9.17) is 21.9 Å². The molecular weight excluding hydrogens is 258 g/mol. The molecule has 18 heavy (non-hydrogen) atoms. The molecule has 2 N–H and O–H groups in total. The van der Waals surface area contributed by atoms with E-state index in [0.29, 0.717) is 16.3 Å². The lowest BCUT2D eigenvalue weighted by Gasteiger charge is -2.18. The summed E-state index contributed by atoms with van der Waals surface area (Å²) in [5.74, 6) is 0.499. The molecule has 0 heterocycles. The third kappa shape index (κ3) is 4.09. The largest absolute Gasteiger partial charge is 0.497 e. The van der Waals surface area contributed by atoms with Gasteiger partial charge in [0.25, 0.3) is 0 Å². The van der Waals surface area contributed by atoms with E-state index < -0.39 is 12.2 Å². The van der Waals surface area contributed by atoms with E-state index in [-0.39, 0.29) is 13.0 Å². The number of ether oxygens (including phenoxy) is 1. The monoisotopic (exact) mass is 271 g/mol. The summed E-state index contributed by atoms with van der Waals surface area (Å²) in [6.07, 6.45) is -1.97. The summed E-state index contributed by atoms with van der Waals surface area (Å²) in [5.41, 5.74) is 8.57. The molecule has 6 nitrogen and oxygen atoms in total. The van der Waals surface area contributed by atoms with Crippen molar-refractivity contribution in [3.63, 3.8) is 0 Å². The molecule has 0 radical (unpaired) electrons. The predicted molar refractivity (Wildman–Crippen MR) is 67.6 cm³/mol. The van der Waals surface area contributed by atoms with Crippen LogP contribution in [-0.2, 0) is 0 Å². The van der Waals surface area contributed by atoms with Gasteiger partial charge < -0.3 is 14.9 Å². The molecule has 0 saturated heterocycles. The SMILES string of the molecule is COc1cc(Cl)cc(C(O)C(O)CCN=[N+]=[N-])c1. The highest BCUT2D eigenvalue weighted by atomic mass is 35.5. The summed E-state index contributed by atoms with van der Waals surface area (Å²) in [6.45, 7) is 0.117. The minimum absolute atomic E-state index is 0.117. The Morgan fingerprint density at radius 3 is 2.78 bits per heavy atom. The van der Waals surface area contributed by atoms with Crippen LogP contribution in [0.25, 0.3) is 10.4 Å². The van der Waals surface area contributed by atoms with Gasteiger partial charge in [0.1, 0.15) is 11.9 Å². The molecule has 0 saturated carbocycles. The Labute approximate surface area is 109 Å². The summed E-state index contributed by atoms with van der Waals surface area (Å²) < 4.78 is 5.02. The van der Waals surface area contributed by atoms with Gasteiger partial charge in [-0.3, -0.25) is 0 Å². The minimum Gasteiger partial charge on any atom is -0.497 e. The van der Waals surface area contributed by atoms with Crippen LogP contribution >= 0.6 is 11.6 Å². The van der Waals surface area contributed by atoms with E-state index in [1.54, 1.807) is 18.2 Å². The van der Waals surface area contributed by atoms with Gasteiger partial charge in [-0.15, -0.1) is 0 Å². The van der Waals surface area contributed by atoms with E-state index in [9.17, 15) is 10.2 Å². The number of benzene rings is 1. The molecule has 0 aliphatic carbocycles. The first-order chi connectivity index (χ1) is 8.58. The Balaban J connectivity index is 2.78. The first-order valence-corrected chi connectivity index (χ1v) is 5.67. The predicted octanol–water partition coefficient (Wildman–Crippen LogP) is 2.44. The highest BCUT2D eigenvalue weighted by Crippen LogP contribution is 2.27. The summed E-state index contributed by atoms with van der Waals surface area (Å²) in [7, 11) is 1.49. The maximum Gasteiger partial charge on any atom is 0.120 e. The normalized spacial score (nSPS) is 13.6. The van der Waals surface area contributed by atoms with Crippen LogP contribution in [0.15, 0.2) is 23.3 Å². The smallest absolute Gasteiger partial charge is 0.120 e. The molecule has 0 bridgehead atoms. The molecule has 0 amide bonds. The average Bonchev–Trinajstić information content (AvgIpc) is 2.37. The van der Waals surface area contributed by atoms with Crippen molar-refractivity contribution in [2.45, 2.75) is 18.6 Å². The summed E-state index contributed by atoms with van der Waals surface area (Å²) in [5, 5.41) is 23.4. The Morgan fingerprint density at radius 1 is 1.44 bits per heavy atom. The molecule has 2 unspecified atom stereocenters. The zero-order valence-electron chi connectivity index (χ0n) is 9.82. The zero-order chi connectivity index (χ0) is 13.5. The topological polar surface area (TPSA) is 98.5 Å². The second kappa shape index (κ2) is 7.08. The highest BCUT2D eigenvalue weighted by molar-refractivity contribution is 6.30. The lowest BCUT2D eigenvalue weighted by molar-refractivity contribution is 0.0149. The van der Waals surface area contributed by atoms with Gasteiger partial charge in [0, 0.05) is 16.5 Å². The van der Waals surface area contributed by atoms with Gasteiger partial charge in [-0.1, -0.05) is 16.7 Å². The molecule has 0 fully saturated rings. The first kappa shape index (κ1) is 14.6. The highest BCUT2D eigenvalue weighted by Gasteiger charge is 2.19. The van der Waals surface area contributed by atoms with Crippen molar-refractivity contribution in [1.82, 2.24) is 0 Å². The van der Waals surface area contributed by atoms with Gasteiger partial charge >= 0.3 is 0 Å². The number of aliphatic hydroxyl groups is 2. The number of aliphatic hydroxyl groups excluding tert-OH is 2. The van der Waals surface area contributed by atoms with Crippen LogP contribution in [0, 0.1) is 0 Å². The quantitative estimate of drug-likeness (QED) is 0.472. The molecule has 0 aliphatic rings. The number of rotatable bonds is 6.